The molecule has 0 saturated carbocycles. The van der Waals surface area contributed by atoms with E-state index in [9.17, 15) is 12.8 Å². The quantitative estimate of drug-likeness (QED) is 0.839. The first-order valence-corrected chi connectivity index (χ1v) is 8.30. The van der Waals surface area contributed by atoms with Gasteiger partial charge in [0.15, 0.2) is 0 Å². The molecule has 2 aromatic carbocycles. The van der Waals surface area contributed by atoms with E-state index in [2.05, 4.69) is 15.9 Å². The standard InChI is InChI=1S/C14H14BrFN2O2S/c1-18(9-10-2-4-11(15)5-3-10)21(19,20)14-7-6-12(16)8-13(14)17/h2-8H,9,17H2,1H3. The number of sulfonamides is 1. The van der Waals surface area contributed by atoms with Crippen molar-refractivity contribution in [2.24, 2.45) is 0 Å². The van der Waals surface area contributed by atoms with Gasteiger partial charge in [0.25, 0.3) is 0 Å². The molecule has 112 valence electrons. The average Bonchev–Trinajstić information content (AvgIpc) is 2.40. The van der Waals surface area contributed by atoms with Gasteiger partial charge < -0.3 is 5.73 Å². The van der Waals surface area contributed by atoms with Crippen molar-refractivity contribution < 1.29 is 12.8 Å². The third-order valence-electron chi connectivity index (χ3n) is 2.98. The minimum Gasteiger partial charge on any atom is -0.398 e. The number of rotatable bonds is 4. The van der Waals surface area contributed by atoms with E-state index in [4.69, 9.17) is 5.73 Å². The first-order valence-electron chi connectivity index (χ1n) is 6.06. The highest BCUT2D eigenvalue weighted by Crippen LogP contribution is 2.23. The molecule has 2 aromatic rings. The molecule has 0 atom stereocenters. The average molecular weight is 373 g/mol. The summed E-state index contributed by atoms with van der Waals surface area (Å²) in [5.74, 6) is -0.568. The highest BCUT2D eigenvalue weighted by Gasteiger charge is 2.23. The molecule has 2 rings (SSSR count). The lowest BCUT2D eigenvalue weighted by Gasteiger charge is -2.18. The summed E-state index contributed by atoms with van der Waals surface area (Å²) < 4.78 is 40.0. The topological polar surface area (TPSA) is 63.4 Å². The Bertz CT molecular complexity index is 748. The summed E-state index contributed by atoms with van der Waals surface area (Å²) in [6.45, 7) is 0.201. The predicted octanol–water partition coefficient (Wildman–Crippen LogP) is 2.99. The summed E-state index contributed by atoms with van der Waals surface area (Å²) in [5, 5.41) is 0. The van der Waals surface area contributed by atoms with Crippen molar-refractivity contribution >= 4 is 31.6 Å². The second-order valence-electron chi connectivity index (χ2n) is 4.57. The second kappa shape index (κ2) is 6.13. The Kier molecular flexibility index (Phi) is 4.65. The van der Waals surface area contributed by atoms with Crippen molar-refractivity contribution in [2.75, 3.05) is 12.8 Å². The summed E-state index contributed by atoms with van der Waals surface area (Å²) in [4.78, 5) is -0.0940. The molecule has 0 aliphatic rings. The molecule has 0 aliphatic carbocycles. The van der Waals surface area contributed by atoms with Crippen LogP contribution in [0.4, 0.5) is 10.1 Å². The first-order chi connectivity index (χ1) is 9.80. The highest BCUT2D eigenvalue weighted by atomic mass is 79.9. The number of benzene rings is 2. The summed E-state index contributed by atoms with van der Waals surface area (Å²) in [6, 6.07) is 10.6. The Balaban J connectivity index is 2.28. The van der Waals surface area contributed by atoms with Gasteiger partial charge in [0.05, 0.1) is 5.69 Å². The van der Waals surface area contributed by atoms with Gasteiger partial charge >= 0.3 is 0 Å². The molecule has 0 amide bonds. The Labute approximate surface area is 131 Å². The number of halogens is 2. The molecule has 7 heteroatoms. The molecule has 2 N–H and O–H groups in total. The number of nitrogens with two attached hydrogens (primary N) is 1. The molecule has 0 radical (unpaired) electrons. The van der Waals surface area contributed by atoms with E-state index in [0.717, 1.165) is 22.2 Å². The Morgan fingerprint density at radius 2 is 1.81 bits per heavy atom. The lowest BCUT2D eigenvalue weighted by atomic mass is 10.2. The third kappa shape index (κ3) is 3.61. The molecule has 0 fully saturated rings. The predicted molar refractivity (Wildman–Crippen MR) is 83.6 cm³/mol. The number of hydrogen-bond acceptors (Lipinski definition) is 3. The molecule has 21 heavy (non-hydrogen) atoms. The van der Waals surface area contributed by atoms with Crippen molar-refractivity contribution in [3.63, 3.8) is 0 Å². The fourth-order valence-electron chi connectivity index (χ4n) is 1.85. The molecule has 0 saturated heterocycles. The molecular weight excluding hydrogens is 359 g/mol. The van der Waals surface area contributed by atoms with Gasteiger partial charge in [-0.05, 0) is 35.9 Å². The number of hydrogen-bond donors (Lipinski definition) is 1. The molecule has 0 aliphatic heterocycles. The summed E-state index contributed by atoms with van der Waals surface area (Å²) in [5.41, 5.74) is 6.35. The van der Waals surface area contributed by atoms with Crippen LogP contribution in [0.3, 0.4) is 0 Å². The smallest absolute Gasteiger partial charge is 0.245 e. The molecule has 4 nitrogen and oxygen atoms in total. The lowest BCUT2D eigenvalue weighted by Crippen LogP contribution is -2.27. The minimum absolute atomic E-state index is 0.0940. The summed E-state index contributed by atoms with van der Waals surface area (Å²) in [7, 11) is -2.31. The van der Waals surface area contributed by atoms with Crippen LogP contribution in [0.25, 0.3) is 0 Å². The maximum Gasteiger partial charge on any atom is 0.245 e. The summed E-state index contributed by atoms with van der Waals surface area (Å²) >= 11 is 3.32. The van der Waals surface area contributed by atoms with Crippen LogP contribution in [-0.2, 0) is 16.6 Å². The van der Waals surface area contributed by atoms with Gasteiger partial charge in [0.2, 0.25) is 10.0 Å². The fraction of sp³-hybridized carbons (Fsp3) is 0.143. The van der Waals surface area contributed by atoms with Crippen LogP contribution in [0, 0.1) is 5.82 Å². The van der Waals surface area contributed by atoms with Gasteiger partial charge in [-0.1, -0.05) is 28.1 Å². The van der Waals surface area contributed by atoms with Crippen LogP contribution in [0.2, 0.25) is 0 Å². The minimum atomic E-state index is -3.76. The van der Waals surface area contributed by atoms with Gasteiger partial charge in [0.1, 0.15) is 10.7 Å². The van der Waals surface area contributed by atoms with Gasteiger partial charge in [-0.2, -0.15) is 4.31 Å². The second-order valence-corrected chi connectivity index (χ2v) is 7.50. The third-order valence-corrected chi connectivity index (χ3v) is 5.38. The zero-order chi connectivity index (χ0) is 15.6. The van der Waals surface area contributed by atoms with E-state index < -0.39 is 15.8 Å². The van der Waals surface area contributed by atoms with Gasteiger partial charge in [-0.15, -0.1) is 0 Å². The van der Waals surface area contributed by atoms with Crippen LogP contribution in [0.1, 0.15) is 5.56 Å². The zero-order valence-corrected chi connectivity index (χ0v) is 13.7. The van der Waals surface area contributed by atoms with E-state index >= 15 is 0 Å². The normalized spacial score (nSPS) is 11.8. The Morgan fingerprint density at radius 1 is 1.19 bits per heavy atom. The lowest BCUT2D eigenvalue weighted by molar-refractivity contribution is 0.467. The maximum atomic E-state index is 13.0. The maximum absolute atomic E-state index is 13.0. The van der Waals surface area contributed by atoms with E-state index in [1.54, 1.807) is 0 Å². The van der Waals surface area contributed by atoms with Gasteiger partial charge in [0, 0.05) is 18.1 Å². The number of nitrogens with zero attached hydrogens (tertiary/aromatic N) is 1. The van der Waals surface area contributed by atoms with E-state index in [1.807, 2.05) is 24.3 Å². The number of nitrogen functional groups attached to an aromatic ring is 1. The Morgan fingerprint density at radius 3 is 2.38 bits per heavy atom. The van der Waals surface area contributed by atoms with Gasteiger partial charge in [-0.3, -0.25) is 0 Å². The fourth-order valence-corrected chi connectivity index (χ4v) is 3.37. The van der Waals surface area contributed by atoms with E-state index in [0.29, 0.717) is 0 Å². The molecule has 0 heterocycles. The first kappa shape index (κ1) is 15.9. The molecule has 0 aromatic heterocycles. The Hall–Kier alpha value is -1.44. The van der Waals surface area contributed by atoms with Crippen LogP contribution >= 0.6 is 15.9 Å². The van der Waals surface area contributed by atoms with E-state index in [1.165, 1.54) is 17.4 Å². The van der Waals surface area contributed by atoms with Crippen molar-refractivity contribution in [1.29, 1.82) is 0 Å². The van der Waals surface area contributed by atoms with Crippen molar-refractivity contribution in [3.05, 3.63) is 58.3 Å². The van der Waals surface area contributed by atoms with Crippen LogP contribution in [-0.4, -0.2) is 19.8 Å². The SMILES string of the molecule is CN(Cc1ccc(Br)cc1)S(=O)(=O)c1ccc(F)cc1N. The number of anilines is 1. The van der Waals surface area contributed by atoms with Crippen LogP contribution in [0.5, 0.6) is 0 Å². The van der Waals surface area contributed by atoms with Crippen molar-refractivity contribution in [2.45, 2.75) is 11.4 Å². The van der Waals surface area contributed by atoms with Crippen LogP contribution in [0.15, 0.2) is 51.8 Å². The molecular formula is C14H14BrFN2O2S. The molecule has 0 unspecified atom stereocenters. The highest BCUT2D eigenvalue weighted by molar-refractivity contribution is 9.10. The molecule has 0 bridgehead atoms. The van der Waals surface area contributed by atoms with Crippen molar-refractivity contribution in [3.8, 4) is 0 Å². The molecule has 0 spiro atoms. The van der Waals surface area contributed by atoms with Crippen molar-refractivity contribution in [1.82, 2.24) is 4.31 Å². The monoisotopic (exact) mass is 372 g/mol. The zero-order valence-electron chi connectivity index (χ0n) is 11.3. The van der Waals surface area contributed by atoms with Crippen LogP contribution < -0.4 is 5.73 Å². The van der Waals surface area contributed by atoms with Gasteiger partial charge in [-0.25, -0.2) is 12.8 Å². The largest absolute Gasteiger partial charge is 0.398 e. The van der Waals surface area contributed by atoms with E-state index in [-0.39, 0.29) is 17.1 Å². The summed E-state index contributed by atoms with van der Waals surface area (Å²) in [6.07, 6.45) is 0.